The molecule has 0 aliphatic heterocycles. The van der Waals surface area contributed by atoms with E-state index in [4.69, 9.17) is 11.6 Å². The first-order valence-electron chi connectivity index (χ1n) is 9.18. The summed E-state index contributed by atoms with van der Waals surface area (Å²) in [5, 5.41) is 25.9. The summed E-state index contributed by atoms with van der Waals surface area (Å²) in [7, 11) is 0. The molecule has 0 bridgehead atoms. The number of non-ortho nitro benzene ring substituents is 1. The number of nitro benzene ring substituents is 1. The van der Waals surface area contributed by atoms with Gasteiger partial charge in [0.2, 0.25) is 0 Å². The van der Waals surface area contributed by atoms with E-state index in [1.807, 2.05) is 0 Å². The van der Waals surface area contributed by atoms with Crippen LogP contribution in [0.1, 0.15) is 46.4 Å². The van der Waals surface area contributed by atoms with Crippen molar-refractivity contribution in [1.82, 2.24) is 5.32 Å². The zero-order chi connectivity index (χ0) is 21.0. The molecule has 2 aromatic rings. The Balaban J connectivity index is 1.74. The van der Waals surface area contributed by atoms with E-state index in [-0.39, 0.29) is 34.3 Å². The SMILES string of the molecule is O=C(Nc1ccccc1C(=O)NC1CCC(O)CC1)c1ccc([N+](=O)[O-])cc1Cl. The number of nitro groups is 1. The van der Waals surface area contributed by atoms with Crippen LogP contribution >= 0.6 is 11.6 Å². The molecule has 0 spiro atoms. The van der Waals surface area contributed by atoms with E-state index in [9.17, 15) is 24.8 Å². The number of nitrogens with one attached hydrogen (secondary N) is 2. The fraction of sp³-hybridized carbons (Fsp3) is 0.300. The molecule has 2 amide bonds. The molecule has 3 rings (SSSR count). The van der Waals surface area contributed by atoms with Crippen molar-refractivity contribution in [3.63, 3.8) is 0 Å². The second kappa shape index (κ2) is 9.02. The molecule has 0 unspecified atom stereocenters. The largest absolute Gasteiger partial charge is 0.393 e. The van der Waals surface area contributed by atoms with Crippen LogP contribution in [0.25, 0.3) is 0 Å². The number of aliphatic hydroxyl groups excluding tert-OH is 1. The lowest BCUT2D eigenvalue weighted by atomic mass is 9.93. The summed E-state index contributed by atoms with van der Waals surface area (Å²) in [6.07, 6.45) is 2.35. The van der Waals surface area contributed by atoms with E-state index in [0.717, 1.165) is 6.07 Å². The van der Waals surface area contributed by atoms with Crippen molar-refractivity contribution in [1.29, 1.82) is 0 Å². The smallest absolute Gasteiger partial charge is 0.270 e. The lowest BCUT2D eigenvalue weighted by Gasteiger charge is -2.26. The van der Waals surface area contributed by atoms with Crippen molar-refractivity contribution >= 4 is 34.8 Å². The normalized spacial score (nSPS) is 18.7. The minimum atomic E-state index is -0.600. The van der Waals surface area contributed by atoms with Gasteiger partial charge in [-0.25, -0.2) is 0 Å². The summed E-state index contributed by atoms with van der Waals surface area (Å²) in [6.45, 7) is 0. The predicted molar refractivity (Wildman–Crippen MR) is 108 cm³/mol. The highest BCUT2D eigenvalue weighted by Crippen LogP contribution is 2.25. The Labute approximate surface area is 172 Å². The molecule has 0 saturated heterocycles. The van der Waals surface area contributed by atoms with Crippen LogP contribution in [-0.2, 0) is 0 Å². The summed E-state index contributed by atoms with van der Waals surface area (Å²) in [4.78, 5) is 35.5. The van der Waals surface area contributed by atoms with Crippen molar-refractivity contribution in [3.05, 3.63) is 68.7 Å². The van der Waals surface area contributed by atoms with Crippen molar-refractivity contribution in [2.45, 2.75) is 37.8 Å². The second-order valence-corrected chi connectivity index (χ2v) is 7.31. The van der Waals surface area contributed by atoms with Gasteiger partial charge < -0.3 is 15.7 Å². The number of amides is 2. The number of nitrogens with zero attached hydrogens (tertiary/aromatic N) is 1. The van der Waals surface area contributed by atoms with Crippen LogP contribution in [0.15, 0.2) is 42.5 Å². The van der Waals surface area contributed by atoms with Crippen LogP contribution in [0, 0.1) is 10.1 Å². The van der Waals surface area contributed by atoms with Crippen LogP contribution in [-0.4, -0.2) is 34.0 Å². The summed E-state index contributed by atoms with van der Waals surface area (Å²) in [5.41, 5.74) is 0.447. The van der Waals surface area contributed by atoms with Gasteiger partial charge in [0.1, 0.15) is 0 Å². The fourth-order valence-electron chi connectivity index (χ4n) is 3.26. The highest BCUT2D eigenvalue weighted by Gasteiger charge is 2.23. The molecule has 1 saturated carbocycles. The van der Waals surface area contributed by atoms with Crippen molar-refractivity contribution < 1.29 is 19.6 Å². The van der Waals surface area contributed by atoms with E-state index in [2.05, 4.69) is 10.6 Å². The van der Waals surface area contributed by atoms with Gasteiger partial charge in [-0.3, -0.25) is 19.7 Å². The van der Waals surface area contributed by atoms with Gasteiger partial charge in [-0.2, -0.15) is 0 Å². The molecule has 0 aromatic heterocycles. The highest BCUT2D eigenvalue weighted by atomic mass is 35.5. The van der Waals surface area contributed by atoms with Gasteiger partial charge in [-0.05, 0) is 43.9 Å². The van der Waals surface area contributed by atoms with E-state index in [1.54, 1.807) is 24.3 Å². The first kappa shape index (κ1) is 20.8. The lowest BCUT2D eigenvalue weighted by Crippen LogP contribution is -2.38. The Hall–Kier alpha value is -2.97. The van der Waals surface area contributed by atoms with Crippen molar-refractivity contribution in [3.8, 4) is 0 Å². The third kappa shape index (κ3) is 5.10. The molecule has 0 atom stereocenters. The molecule has 2 aromatic carbocycles. The topological polar surface area (TPSA) is 122 Å². The van der Waals surface area contributed by atoms with Gasteiger partial charge in [0.25, 0.3) is 17.5 Å². The molecule has 29 heavy (non-hydrogen) atoms. The lowest BCUT2D eigenvalue weighted by molar-refractivity contribution is -0.384. The van der Waals surface area contributed by atoms with E-state index >= 15 is 0 Å². The summed E-state index contributed by atoms with van der Waals surface area (Å²) >= 11 is 6.01. The average Bonchev–Trinajstić information content (AvgIpc) is 2.69. The minimum absolute atomic E-state index is 0.0289. The quantitative estimate of drug-likeness (QED) is 0.507. The monoisotopic (exact) mass is 417 g/mol. The number of hydrogen-bond donors (Lipinski definition) is 3. The second-order valence-electron chi connectivity index (χ2n) is 6.90. The van der Waals surface area contributed by atoms with Gasteiger partial charge in [0, 0.05) is 18.2 Å². The van der Waals surface area contributed by atoms with Gasteiger partial charge in [-0.1, -0.05) is 23.7 Å². The van der Waals surface area contributed by atoms with E-state index in [1.165, 1.54) is 12.1 Å². The molecular formula is C20H20ClN3O5. The number of aliphatic hydroxyl groups is 1. The van der Waals surface area contributed by atoms with Gasteiger partial charge in [0.15, 0.2) is 0 Å². The molecule has 152 valence electrons. The maximum absolute atomic E-state index is 12.7. The first-order chi connectivity index (χ1) is 13.8. The summed E-state index contributed by atoms with van der Waals surface area (Å²) < 4.78 is 0. The molecule has 3 N–H and O–H groups in total. The first-order valence-corrected chi connectivity index (χ1v) is 9.56. The molecule has 1 aliphatic rings. The molecule has 8 nitrogen and oxygen atoms in total. The molecule has 0 heterocycles. The Morgan fingerprint density at radius 1 is 1.03 bits per heavy atom. The number of anilines is 1. The van der Waals surface area contributed by atoms with Crippen molar-refractivity contribution in [2.75, 3.05) is 5.32 Å². The minimum Gasteiger partial charge on any atom is -0.393 e. The number of carbonyl (C=O) groups excluding carboxylic acids is 2. The van der Waals surface area contributed by atoms with Crippen LogP contribution in [0.5, 0.6) is 0 Å². The third-order valence-corrected chi connectivity index (χ3v) is 5.17. The highest BCUT2D eigenvalue weighted by molar-refractivity contribution is 6.34. The van der Waals surface area contributed by atoms with Gasteiger partial charge >= 0.3 is 0 Å². The zero-order valence-corrected chi connectivity index (χ0v) is 16.2. The molecular weight excluding hydrogens is 398 g/mol. The summed E-state index contributed by atoms with van der Waals surface area (Å²) in [6, 6.07) is 10.1. The van der Waals surface area contributed by atoms with Crippen LogP contribution < -0.4 is 10.6 Å². The third-order valence-electron chi connectivity index (χ3n) is 4.86. The molecule has 1 aliphatic carbocycles. The number of benzene rings is 2. The van der Waals surface area contributed by atoms with Crippen LogP contribution in [0.3, 0.4) is 0 Å². The molecule has 9 heteroatoms. The van der Waals surface area contributed by atoms with Gasteiger partial charge in [-0.15, -0.1) is 0 Å². The van der Waals surface area contributed by atoms with E-state index in [0.29, 0.717) is 36.9 Å². The maximum Gasteiger partial charge on any atom is 0.270 e. The zero-order valence-electron chi connectivity index (χ0n) is 15.4. The average molecular weight is 418 g/mol. The summed E-state index contributed by atoms with van der Waals surface area (Å²) in [5.74, 6) is -0.900. The number of rotatable bonds is 5. The number of halogens is 1. The van der Waals surface area contributed by atoms with E-state index < -0.39 is 10.8 Å². The Bertz CT molecular complexity index is 941. The Morgan fingerprint density at radius 2 is 1.72 bits per heavy atom. The van der Waals surface area contributed by atoms with Crippen LogP contribution in [0.2, 0.25) is 5.02 Å². The fourth-order valence-corrected chi connectivity index (χ4v) is 3.53. The van der Waals surface area contributed by atoms with Crippen LogP contribution in [0.4, 0.5) is 11.4 Å². The Kier molecular flexibility index (Phi) is 6.46. The number of hydrogen-bond acceptors (Lipinski definition) is 5. The maximum atomic E-state index is 12.7. The Morgan fingerprint density at radius 3 is 2.38 bits per heavy atom. The standard InChI is InChI=1S/C20H20ClN3O5/c21-17-11-13(24(28)29)7-10-15(17)19(26)23-18-4-2-1-3-16(18)20(27)22-12-5-8-14(25)9-6-12/h1-4,7,10-12,14,25H,5-6,8-9H2,(H,22,27)(H,23,26). The van der Waals surface area contributed by atoms with Crippen molar-refractivity contribution in [2.24, 2.45) is 0 Å². The van der Waals surface area contributed by atoms with Gasteiger partial charge in [0.05, 0.1) is 32.9 Å². The molecule has 1 fully saturated rings. The molecule has 0 radical (unpaired) electrons. The number of carbonyl (C=O) groups is 2. The predicted octanol–water partition coefficient (Wildman–Crippen LogP) is 3.53. The number of para-hydroxylation sites is 1.